The van der Waals surface area contributed by atoms with Crippen molar-refractivity contribution in [3.63, 3.8) is 0 Å². The molecule has 1 aromatic rings. The molecule has 94 valence electrons. The number of hydrogen-bond donors (Lipinski definition) is 2. The molecule has 2 rings (SSSR count). The van der Waals surface area contributed by atoms with Crippen molar-refractivity contribution in [2.75, 3.05) is 31.5 Å². The Bertz CT molecular complexity index is 414. The molecule has 6 heteroatoms. The van der Waals surface area contributed by atoms with Crippen LogP contribution >= 0.6 is 15.9 Å². The van der Waals surface area contributed by atoms with Gasteiger partial charge in [-0.1, -0.05) is 0 Å². The van der Waals surface area contributed by atoms with Gasteiger partial charge in [0.05, 0.1) is 11.9 Å². The fourth-order valence-corrected chi connectivity index (χ4v) is 2.37. The molecule has 0 atom stereocenters. The standard InChI is InChI=1S/C11H17BrN4O/c12-10-9(8-14-15-11(10)17)13-4-3-7-16-5-1-2-6-16/h8H,1-7H2,(H2,13,15,17). The van der Waals surface area contributed by atoms with Gasteiger partial charge >= 0.3 is 0 Å². The van der Waals surface area contributed by atoms with E-state index in [0.29, 0.717) is 4.47 Å². The first-order valence-electron chi connectivity index (χ1n) is 5.97. The van der Waals surface area contributed by atoms with E-state index in [1.165, 1.54) is 25.9 Å². The van der Waals surface area contributed by atoms with Crippen molar-refractivity contribution in [3.05, 3.63) is 21.0 Å². The highest BCUT2D eigenvalue weighted by Crippen LogP contribution is 2.15. The Morgan fingerprint density at radius 1 is 1.47 bits per heavy atom. The quantitative estimate of drug-likeness (QED) is 0.808. The lowest BCUT2D eigenvalue weighted by Gasteiger charge is -2.14. The highest BCUT2D eigenvalue weighted by Gasteiger charge is 2.10. The molecule has 1 fully saturated rings. The highest BCUT2D eigenvalue weighted by molar-refractivity contribution is 9.10. The van der Waals surface area contributed by atoms with E-state index in [9.17, 15) is 4.79 Å². The predicted molar refractivity (Wildman–Crippen MR) is 71.3 cm³/mol. The molecular formula is C11H17BrN4O. The molecular weight excluding hydrogens is 284 g/mol. The van der Waals surface area contributed by atoms with Gasteiger partial charge in [0.15, 0.2) is 0 Å². The number of aromatic amines is 1. The molecule has 0 unspecified atom stereocenters. The van der Waals surface area contributed by atoms with Crippen molar-refractivity contribution in [1.82, 2.24) is 15.1 Å². The van der Waals surface area contributed by atoms with Crippen LogP contribution in [-0.4, -0.2) is 41.3 Å². The Kier molecular flexibility index (Phi) is 4.56. The minimum Gasteiger partial charge on any atom is -0.383 e. The molecule has 0 bridgehead atoms. The van der Waals surface area contributed by atoms with Crippen molar-refractivity contribution in [1.29, 1.82) is 0 Å². The normalized spacial score (nSPS) is 16.3. The summed E-state index contributed by atoms with van der Waals surface area (Å²) in [6, 6.07) is 0. The van der Waals surface area contributed by atoms with Crippen LogP contribution in [0.5, 0.6) is 0 Å². The molecule has 5 nitrogen and oxygen atoms in total. The smallest absolute Gasteiger partial charge is 0.280 e. The van der Waals surface area contributed by atoms with E-state index >= 15 is 0 Å². The minimum absolute atomic E-state index is 0.199. The van der Waals surface area contributed by atoms with Gasteiger partial charge in [0.2, 0.25) is 0 Å². The summed E-state index contributed by atoms with van der Waals surface area (Å²) in [5, 5.41) is 9.36. The molecule has 1 aromatic heterocycles. The second kappa shape index (κ2) is 6.16. The predicted octanol–water partition coefficient (Wildman–Crippen LogP) is 1.43. The lowest BCUT2D eigenvalue weighted by molar-refractivity contribution is 0.337. The average molecular weight is 301 g/mol. The fourth-order valence-electron chi connectivity index (χ4n) is 2.04. The maximum atomic E-state index is 11.3. The molecule has 2 heterocycles. The van der Waals surface area contributed by atoms with Crippen LogP contribution in [0, 0.1) is 0 Å². The largest absolute Gasteiger partial charge is 0.383 e. The van der Waals surface area contributed by atoms with E-state index in [0.717, 1.165) is 25.2 Å². The summed E-state index contributed by atoms with van der Waals surface area (Å²) < 4.78 is 0.522. The molecule has 0 aromatic carbocycles. The first-order valence-corrected chi connectivity index (χ1v) is 6.76. The zero-order chi connectivity index (χ0) is 12.1. The summed E-state index contributed by atoms with van der Waals surface area (Å²) in [7, 11) is 0. The van der Waals surface area contributed by atoms with Crippen LogP contribution in [0.15, 0.2) is 15.5 Å². The van der Waals surface area contributed by atoms with Crippen molar-refractivity contribution < 1.29 is 0 Å². The molecule has 1 aliphatic heterocycles. The van der Waals surface area contributed by atoms with Crippen molar-refractivity contribution >= 4 is 21.6 Å². The van der Waals surface area contributed by atoms with Crippen molar-refractivity contribution in [2.24, 2.45) is 0 Å². The fraction of sp³-hybridized carbons (Fsp3) is 0.636. The summed E-state index contributed by atoms with van der Waals surface area (Å²) in [6.45, 7) is 4.45. The monoisotopic (exact) mass is 300 g/mol. The number of hydrogen-bond acceptors (Lipinski definition) is 4. The number of aromatic nitrogens is 2. The van der Waals surface area contributed by atoms with E-state index in [-0.39, 0.29) is 5.56 Å². The Balaban J connectivity index is 1.74. The van der Waals surface area contributed by atoms with Crippen LogP contribution in [0.4, 0.5) is 5.69 Å². The van der Waals surface area contributed by atoms with Gasteiger partial charge in [0.25, 0.3) is 5.56 Å². The molecule has 0 spiro atoms. The number of rotatable bonds is 5. The average Bonchev–Trinajstić information content (AvgIpc) is 2.83. The molecule has 0 aliphatic carbocycles. The molecule has 0 saturated carbocycles. The number of H-pyrrole nitrogens is 1. The van der Waals surface area contributed by atoms with E-state index in [4.69, 9.17) is 0 Å². The van der Waals surface area contributed by atoms with Gasteiger partial charge in [-0.3, -0.25) is 4.79 Å². The Morgan fingerprint density at radius 3 is 3.00 bits per heavy atom. The van der Waals surface area contributed by atoms with Gasteiger partial charge < -0.3 is 10.2 Å². The number of nitrogens with zero attached hydrogens (tertiary/aromatic N) is 2. The SMILES string of the molecule is O=c1[nH]ncc(NCCCN2CCCC2)c1Br. The van der Waals surface area contributed by atoms with E-state index in [1.54, 1.807) is 6.20 Å². The third-order valence-electron chi connectivity index (χ3n) is 2.96. The lowest BCUT2D eigenvalue weighted by Crippen LogP contribution is -2.22. The molecule has 2 N–H and O–H groups in total. The first-order chi connectivity index (χ1) is 8.27. The van der Waals surface area contributed by atoms with Crippen LogP contribution in [0.1, 0.15) is 19.3 Å². The van der Waals surface area contributed by atoms with Gasteiger partial charge in [0.1, 0.15) is 4.47 Å². The maximum absolute atomic E-state index is 11.3. The Hall–Kier alpha value is -0.880. The molecule has 17 heavy (non-hydrogen) atoms. The minimum atomic E-state index is -0.199. The van der Waals surface area contributed by atoms with Crippen LogP contribution in [0.2, 0.25) is 0 Å². The van der Waals surface area contributed by atoms with Crippen LogP contribution < -0.4 is 10.9 Å². The van der Waals surface area contributed by atoms with Gasteiger partial charge in [-0.2, -0.15) is 5.10 Å². The Morgan fingerprint density at radius 2 is 2.24 bits per heavy atom. The van der Waals surface area contributed by atoms with Gasteiger partial charge in [-0.25, -0.2) is 5.10 Å². The topological polar surface area (TPSA) is 61.0 Å². The summed E-state index contributed by atoms with van der Waals surface area (Å²) in [6.07, 6.45) is 5.37. The first kappa shape index (κ1) is 12.6. The molecule has 1 aliphatic rings. The lowest BCUT2D eigenvalue weighted by atomic mass is 10.3. The number of halogens is 1. The maximum Gasteiger partial charge on any atom is 0.280 e. The van der Waals surface area contributed by atoms with Crippen LogP contribution in [0.25, 0.3) is 0 Å². The van der Waals surface area contributed by atoms with Gasteiger partial charge in [-0.05, 0) is 54.8 Å². The summed E-state index contributed by atoms with van der Waals surface area (Å²) in [5.74, 6) is 0. The summed E-state index contributed by atoms with van der Waals surface area (Å²) in [5.41, 5.74) is 0.560. The van der Waals surface area contributed by atoms with Gasteiger partial charge in [0, 0.05) is 6.54 Å². The number of anilines is 1. The van der Waals surface area contributed by atoms with E-state index in [2.05, 4.69) is 36.3 Å². The Labute approximate surface area is 109 Å². The van der Waals surface area contributed by atoms with Crippen LogP contribution in [0.3, 0.4) is 0 Å². The number of nitrogens with one attached hydrogen (secondary N) is 2. The highest BCUT2D eigenvalue weighted by atomic mass is 79.9. The van der Waals surface area contributed by atoms with Gasteiger partial charge in [-0.15, -0.1) is 0 Å². The van der Waals surface area contributed by atoms with E-state index < -0.39 is 0 Å². The summed E-state index contributed by atoms with van der Waals surface area (Å²) >= 11 is 3.24. The second-order valence-electron chi connectivity index (χ2n) is 4.26. The van der Waals surface area contributed by atoms with E-state index in [1.807, 2.05) is 0 Å². The third kappa shape index (κ3) is 3.54. The third-order valence-corrected chi connectivity index (χ3v) is 3.75. The van der Waals surface area contributed by atoms with Crippen molar-refractivity contribution in [3.8, 4) is 0 Å². The summed E-state index contributed by atoms with van der Waals surface area (Å²) in [4.78, 5) is 13.7. The van der Waals surface area contributed by atoms with Crippen molar-refractivity contribution in [2.45, 2.75) is 19.3 Å². The second-order valence-corrected chi connectivity index (χ2v) is 5.05. The van der Waals surface area contributed by atoms with Crippen LogP contribution in [-0.2, 0) is 0 Å². The zero-order valence-electron chi connectivity index (χ0n) is 9.71. The molecule has 1 saturated heterocycles. The molecule has 0 radical (unpaired) electrons. The molecule has 0 amide bonds. The zero-order valence-corrected chi connectivity index (χ0v) is 11.3. The number of likely N-dealkylation sites (tertiary alicyclic amines) is 1.